The smallest absolute Gasteiger partial charge is 0.258 e. The number of hydrogen-bond acceptors (Lipinski definition) is 3. The standard InChI is InChI=1S/C14H20N2O2/c1-10-6-12(7-10)16-14(17)9-18-13-5-3-2-4-11(13)8-15/h2-5,10,12H,6-9,15H2,1H3,(H,16,17). The topological polar surface area (TPSA) is 64.3 Å². The SMILES string of the molecule is CC1CC(NC(=O)COc2ccccc2CN)C1. The van der Waals surface area contributed by atoms with E-state index in [0.29, 0.717) is 18.3 Å². The first kappa shape index (κ1) is 12.9. The molecule has 0 unspecified atom stereocenters. The van der Waals surface area contributed by atoms with Gasteiger partial charge in [0.1, 0.15) is 5.75 Å². The van der Waals surface area contributed by atoms with Crippen molar-refractivity contribution >= 4 is 5.91 Å². The Morgan fingerprint density at radius 2 is 2.17 bits per heavy atom. The van der Waals surface area contributed by atoms with Gasteiger partial charge in [0, 0.05) is 18.2 Å². The highest BCUT2D eigenvalue weighted by atomic mass is 16.5. The van der Waals surface area contributed by atoms with Gasteiger partial charge in [0.2, 0.25) is 0 Å². The summed E-state index contributed by atoms with van der Waals surface area (Å²) >= 11 is 0. The average molecular weight is 248 g/mol. The number of nitrogens with one attached hydrogen (secondary N) is 1. The fourth-order valence-electron chi connectivity index (χ4n) is 2.25. The lowest BCUT2D eigenvalue weighted by atomic mass is 9.82. The van der Waals surface area contributed by atoms with E-state index in [1.807, 2.05) is 24.3 Å². The summed E-state index contributed by atoms with van der Waals surface area (Å²) in [4.78, 5) is 11.7. The van der Waals surface area contributed by atoms with E-state index in [1.165, 1.54) is 0 Å². The van der Waals surface area contributed by atoms with Gasteiger partial charge in [-0.15, -0.1) is 0 Å². The van der Waals surface area contributed by atoms with Gasteiger partial charge in [0.05, 0.1) is 0 Å². The van der Waals surface area contributed by atoms with Crippen LogP contribution in [-0.2, 0) is 11.3 Å². The van der Waals surface area contributed by atoms with Crippen molar-refractivity contribution in [2.75, 3.05) is 6.61 Å². The highest BCUT2D eigenvalue weighted by Crippen LogP contribution is 2.26. The van der Waals surface area contributed by atoms with E-state index in [1.54, 1.807) is 0 Å². The van der Waals surface area contributed by atoms with Crippen LogP contribution in [0.3, 0.4) is 0 Å². The van der Waals surface area contributed by atoms with Crippen LogP contribution in [-0.4, -0.2) is 18.6 Å². The van der Waals surface area contributed by atoms with Gasteiger partial charge < -0.3 is 15.8 Å². The minimum atomic E-state index is -0.0567. The summed E-state index contributed by atoms with van der Waals surface area (Å²) in [5, 5.41) is 2.96. The molecule has 1 aliphatic rings. The fraction of sp³-hybridized carbons (Fsp3) is 0.500. The molecule has 0 atom stereocenters. The molecule has 0 heterocycles. The summed E-state index contributed by atoms with van der Waals surface area (Å²) in [6.07, 6.45) is 2.15. The van der Waals surface area contributed by atoms with Crippen molar-refractivity contribution in [3.8, 4) is 5.75 Å². The number of ether oxygens (including phenoxy) is 1. The van der Waals surface area contributed by atoms with E-state index in [9.17, 15) is 4.79 Å². The number of nitrogens with two attached hydrogens (primary N) is 1. The van der Waals surface area contributed by atoms with Gasteiger partial charge in [-0.25, -0.2) is 0 Å². The van der Waals surface area contributed by atoms with Crippen LogP contribution in [0, 0.1) is 5.92 Å². The second-order valence-electron chi connectivity index (χ2n) is 4.94. The molecule has 4 nitrogen and oxygen atoms in total. The average Bonchev–Trinajstić information content (AvgIpc) is 2.35. The zero-order valence-corrected chi connectivity index (χ0v) is 10.7. The van der Waals surface area contributed by atoms with Crippen molar-refractivity contribution in [3.63, 3.8) is 0 Å². The van der Waals surface area contributed by atoms with Crippen molar-refractivity contribution in [1.29, 1.82) is 0 Å². The highest BCUT2D eigenvalue weighted by Gasteiger charge is 2.26. The molecule has 2 rings (SSSR count). The third-order valence-corrected chi connectivity index (χ3v) is 3.29. The van der Waals surface area contributed by atoms with E-state index in [-0.39, 0.29) is 12.5 Å². The summed E-state index contributed by atoms with van der Waals surface area (Å²) in [5.41, 5.74) is 6.52. The van der Waals surface area contributed by atoms with Gasteiger partial charge in [0.15, 0.2) is 6.61 Å². The maximum Gasteiger partial charge on any atom is 0.258 e. The van der Waals surface area contributed by atoms with Crippen LogP contribution in [0.4, 0.5) is 0 Å². The minimum absolute atomic E-state index is 0.0567. The largest absolute Gasteiger partial charge is 0.483 e. The predicted octanol–water partition coefficient (Wildman–Crippen LogP) is 1.44. The monoisotopic (exact) mass is 248 g/mol. The van der Waals surface area contributed by atoms with Crippen molar-refractivity contribution in [2.24, 2.45) is 11.7 Å². The lowest BCUT2D eigenvalue weighted by Gasteiger charge is -2.33. The molecule has 0 radical (unpaired) electrons. The van der Waals surface area contributed by atoms with Gasteiger partial charge in [-0.2, -0.15) is 0 Å². The summed E-state index contributed by atoms with van der Waals surface area (Å²) in [5.74, 6) is 1.37. The Bertz CT molecular complexity index is 414. The van der Waals surface area contributed by atoms with Gasteiger partial charge in [-0.05, 0) is 24.8 Å². The van der Waals surface area contributed by atoms with Crippen LogP contribution in [0.25, 0.3) is 0 Å². The molecule has 98 valence electrons. The van der Waals surface area contributed by atoms with Crippen LogP contribution >= 0.6 is 0 Å². The molecule has 1 amide bonds. The fourth-order valence-corrected chi connectivity index (χ4v) is 2.25. The van der Waals surface area contributed by atoms with Gasteiger partial charge >= 0.3 is 0 Å². The normalized spacial score (nSPS) is 22.1. The van der Waals surface area contributed by atoms with Crippen LogP contribution in [0.15, 0.2) is 24.3 Å². The Morgan fingerprint density at radius 1 is 1.44 bits per heavy atom. The molecule has 18 heavy (non-hydrogen) atoms. The Kier molecular flexibility index (Phi) is 4.20. The molecular weight excluding hydrogens is 228 g/mol. The van der Waals surface area contributed by atoms with Crippen molar-refractivity contribution in [3.05, 3.63) is 29.8 Å². The van der Waals surface area contributed by atoms with Crippen LogP contribution in [0.2, 0.25) is 0 Å². The molecule has 4 heteroatoms. The van der Waals surface area contributed by atoms with Crippen LogP contribution in [0.5, 0.6) is 5.75 Å². The number of para-hydroxylation sites is 1. The maximum atomic E-state index is 11.7. The number of carbonyl (C=O) groups is 1. The second kappa shape index (κ2) is 5.87. The summed E-state index contributed by atoms with van der Waals surface area (Å²) in [6, 6.07) is 7.85. The lowest BCUT2D eigenvalue weighted by molar-refractivity contribution is -0.124. The van der Waals surface area contributed by atoms with Crippen LogP contribution in [0.1, 0.15) is 25.3 Å². The number of amides is 1. The van der Waals surface area contributed by atoms with E-state index < -0.39 is 0 Å². The van der Waals surface area contributed by atoms with Gasteiger partial charge in [0.25, 0.3) is 5.91 Å². The molecule has 0 saturated heterocycles. The molecule has 0 spiro atoms. The zero-order valence-electron chi connectivity index (χ0n) is 10.7. The summed E-state index contributed by atoms with van der Waals surface area (Å²) in [7, 11) is 0. The number of carbonyl (C=O) groups excluding carboxylic acids is 1. The Balaban J connectivity index is 1.78. The molecule has 1 aromatic rings. The summed E-state index contributed by atoms with van der Waals surface area (Å²) < 4.78 is 5.49. The lowest BCUT2D eigenvalue weighted by Crippen LogP contribution is -2.45. The van der Waals surface area contributed by atoms with Gasteiger partial charge in [-0.1, -0.05) is 25.1 Å². The molecule has 3 N–H and O–H groups in total. The number of benzene rings is 1. The van der Waals surface area contributed by atoms with E-state index in [2.05, 4.69) is 12.2 Å². The Labute approximate surface area is 108 Å². The van der Waals surface area contributed by atoms with E-state index in [0.717, 1.165) is 24.3 Å². The first-order chi connectivity index (χ1) is 8.69. The predicted molar refractivity (Wildman–Crippen MR) is 70.2 cm³/mol. The van der Waals surface area contributed by atoms with Crippen LogP contribution < -0.4 is 15.8 Å². The molecule has 0 bridgehead atoms. The number of hydrogen-bond donors (Lipinski definition) is 2. The molecule has 1 fully saturated rings. The first-order valence-electron chi connectivity index (χ1n) is 6.39. The maximum absolute atomic E-state index is 11.7. The van der Waals surface area contributed by atoms with E-state index >= 15 is 0 Å². The van der Waals surface area contributed by atoms with Crippen molar-refractivity contribution in [2.45, 2.75) is 32.4 Å². The first-order valence-corrected chi connectivity index (χ1v) is 6.39. The zero-order chi connectivity index (χ0) is 13.0. The molecule has 1 saturated carbocycles. The molecule has 0 aliphatic heterocycles. The molecule has 1 aromatic carbocycles. The quantitative estimate of drug-likeness (QED) is 0.828. The van der Waals surface area contributed by atoms with Gasteiger partial charge in [-0.3, -0.25) is 4.79 Å². The van der Waals surface area contributed by atoms with Crippen molar-refractivity contribution in [1.82, 2.24) is 5.32 Å². The Hall–Kier alpha value is -1.55. The second-order valence-corrected chi connectivity index (χ2v) is 4.94. The highest BCUT2D eigenvalue weighted by molar-refractivity contribution is 5.78. The van der Waals surface area contributed by atoms with Crippen molar-refractivity contribution < 1.29 is 9.53 Å². The third kappa shape index (κ3) is 3.23. The molecule has 0 aromatic heterocycles. The molecular formula is C14H20N2O2. The third-order valence-electron chi connectivity index (χ3n) is 3.29. The van der Waals surface area contributed by atoms with E-state index in [4.69, 9.17) is 10.5 Å². The minimum Gasteiger partial charge on any atom is -0.483 e. The summed E-state index contributed by atoms with van der Waals surface area (Å²) in [6.45, 7) is 2.66. The molecule has 1 aliphatic carbocycles. The number of rotatable bonds is 5. The Morgan fingerprint density at radius 3 is 2.83 bits per heavy atom.